The van der Waals surface area contributed by atoms with Crippen LogP contribution in [0.1, 0.15) is 31.1 Å². The molecule has 0 aromatic heterocycles. The van der Waals surface area contributed by atoms with Crippen molar-refractivity contribution < 1.29 is 17.4 Å². The first-order valence-corrected chi connectivity index (χ1v) is 8.97. The van der Waals surface area contributed by atoms with Crippen molar-refractivity contribution in [3.05, 3.63) is 60.2 Å². The first-order valence-electron chi connectivity index (χ1n) is 7.56. The van der Waals surface area contributed by atoms with Gasteiger partial charge in [0.1, 0.15) is 4.90 Å². The molecule has 0 atom stereocenters. The fourth-order valence-electron chi connectivity index (χ4n) is 1.96. The molecule has 6 heteroatoms. The lowest BCUT2D eigenvalue weighted by molar-refractivity contribution is 0.0980. The van der Waals surface area contributed by atoms with Crippen LogP contribution in [0.5, 0.6) is 5.75 Å². The predicted molar refractivity (Wildman–Crippen MR) is 92.8 cm³/mol. The van der Waals surface area contributed by atoms with Gasteiger partial charge >= 0.3 is 10.1 Å². The fourth-order valence-corrected chi connectivity index (χ4v) is 2.93. The Hall–Kier alpha value is -2.18. The van der Waals surface area contributed by atoms with Crippen molar-refractivity contribution in [2.24, 2.45) is 0 Å². The summed E-state index contributed by atoms with van der Waals surface area (Å²) in [6.45, 7) is 5.93. The molecule has 0 fully saturated rings. The molecule has 128 valence electrons. The third-order valence-corrected chi connectivity index (χ3v) is 4.45. The number of hydrogen-bond donors (Lipinski definition) is 1. The van der Waals surface area contributed by atoms with Crippen molar-refractivity contribution in [2.75, 3.05) is 6.54 Å². The molecular weight excluding hydrogens is 326 g/mol. The van der Waals surface area contributed by atoms with Crippen LogP contribution in [-0.2, 0) is 10.1 Å². The van der Waals surface area contributed by atoms with Gasteiger partial charge in [-0.1, -0.05) is 30.3 Å². The molecule has 0 aliphatic heterocycles. The molecule has 0 saturated heterocycles. The second-order valence-electron chi connectivity index (χ2n) is 6.37. The van der Waals surface area contributed by atoms with E-state index in [0.717, 1.165) is 0 Å². The summed E-state index contributed by atoms with van der Waals surface area (Å²) in [5.74, 6) is -0.203. The average molecular weight is 347 g/mol. The minimum Gasteiger partial charge on any atom is -0.378 e. The Kier molecular flexibility index (Phi) is 5.41. The van der Waals surface area contributed by atoms with Crippen molar-refractivity contribution in [3.8, 4) is 5.75 Å². The van der Waals surface area contributed by atoms with Gasteiger partial charge in [-0.2, -0.15) is 8.42 Å². The first-order chi connectivity index (χ1) is 11.2. The summed E-state index contributed by atoms with van der Waals surface area (Å²) in [4.78, 5) is 12.4. The van der Waals surface area contributed by atoms with Gasteiger partial charge in [0.05, 0.1) is 12.1 Å². The van der Waals surface area contributed by atoms with Gasteiger partial charge in [0.2, 0.25) is 0 Å². The van der Waals surface area contributed by atoms with Crippen molar-refractivity contribution in [2.45, 2.75) is 31.2 Å². The van der Waals surface area contributed by atoms with Crippen molar-refractivity contribution in [3.63, 3.8) is 0 Å². The highest BCUT2D eigenvalue weighted by molar-refractivity contribution is 7.87. The maximum atomic E-state index is 12.4. The Morgan fingerprint density at radius 3 is 2.21 bits per heavy atom. The summed E-state index contributed by atoms with van der Waals surface area (Å²) < 4.78 is 29.9. The number of ketones is 1. The fraction of sp³-hybridized carbons (Fsp3) is 0.278. The molecule has 0 bridgehead atoms. The largest absolute Gasteiger partial charge is 0.378 e. The molecule has 5 nitrogen and oxygen atoms in total. The summed E-state index contributed by atoms with van der Waals surface area (Å²) in [6, 6.07) is 14.2. The van der Waals surface area contributed by atoms with E-state index in [1.807, 2.05) is 20.8 Å². The normalized spacial score (nSPS) is 12.0. The highest BCUT2D eigenvalue weighted by atomic mass is 32.2. The van der Waals surface area contributed by atoms with Crippen LogP contribution in [0.15, 0.2) is 59.5 Å². The van der Waals surface area contributed by atoms with Gasteiger partial charge in [-0.3, -0.25) is 4.79 Å². The zero-order valence-corrected chi connectivity index (χ0v) is 14.8. The van der Waals surface area contributed by atoms with Crippen molar-refractivity contribution in [1.29, 1.82) is 0 Å². The van der Waals surface area contributed by atoms with Gasteiger partial charge < -0.3 is 9.50 Å². The zero-order valence-electron chi connectivity index (χ0n) is 13.9. The number of para-hydroxylation sites is 1. The van der Waals surface area contributed by atoms with E-state index in [4.69, 9.17) is 4.18 Å². The lowest BCUT2D eigenvalue weighted by Crippen LogP contribution is -2.39. The van der Waals surface area contributed by atoms with Gasteiger partial charge in [-0.25, -0.2) is 0 Å². The predicted octanol–water partition coefficient (Wildman–Crippen LogP) is 3.03. The van der Waals surface area contributed by atoms with Crippen LogP contribution in [0.4, 0.5) is 0 Å². The SMILES string of the molecule is CC(C)(C)NCC(=O)c1ccccc1OS(=O)(=O)c1ccccc1. The van der Waals surface area contributed by atoms with Crippen LogP contribution >= 0.6 is 0 Å². The molecule has 0 amide bonds. The molecule has 0 saturated carbocycles. The van der Waals surface area contributed by atoms with Crippen LogP contribution in [0.25, 0.3) is 0 Å². The summed E-state index contributed by atoms with van der Waals surface area (Å²) in [7, 11) is -3.99. The van der Waals surface area contributed by atoms with E-state index in [2.05, 4.69) is 5.32 Å². The third kappa shape index (κ3) is 4.91. The summed E-state index contributed by atoms with van der Waals surface area (Å²) in [5, 5.41) is 3.09. The molecule has 0 radical (unpaired) electrons. The molecule has 0 unspecified atom stereocenters. The molecular formula is C18H21NO4S. The second-order valence-corrected chi connectivity index (χ2v) is 7.92. The first kappa shape index (κ1) is 18.2. The lowest BCUT2D eigenvalue weighted by atomic mass is 10.1. The topological polar surface area (TPSA) is 72.5 Å². The zero-order chi connectivity index (χ0) is 17.8. The van der Waals surface area contributed by atoms with E-state index in [9.17, 15) is 13.2 Å². The highest BCUT2D eigenvalue weighted by Crippen LogP contribution is 2.23. The Morgan fingerprint density at radius 2 is 1.58 bits per heavy atom. The van der Waals surface area contributed by atoms with Gasteiger partial charge in [0.25, 0.3) is 0 Å². The van der Waals surface area contributed by atoms with Crippen LogP contribution in [0.2, 0.25) is 0 Å². The summed E-state index contributed by atoms with van der Waals surface area (Å²) in [6.07, 6.45) is 0. The molecule has 2 rings (SSSR count). The molecule has 24 heavy (non-hydrogen) atoms. The molecule has 0 heterocycles. The molecule has 0 aliphatic rings. The number of nitrogens with one attached hydrogen (secondary N) is 1. The molecule has 2 aromatic carbocycles. The number of carbonyl (C=O) groups is 1. The minimum atomic E-state index is -3.99. The Morgan fingerprint density at radius 1 is 1.00 bits per heavy atom. The number of carbonyl (C=O) groups excluding carboxylic acids is 1. The maximum Gasteiger partial charge on any atom is 0.339 e. The highest BCUT2D eigenvalue weighted by Gasteiger charge is 2.21. The van der Waals surface area contributed by atoms with Gasteiger partial charge in [0.15, 0.2) is 11.5 Å². The summed E-state index contributed by atoms with van der Waals surface area (Å²) >= 11 is 0. The smallest absolute Gasteiger partial charge is 0.339 e. The van der Waals surface area contributed by atoms with E-state index in [-0.39, 0.29) is 34.1 Å². The summed E-state index contributed by atoms with van der Waals surface area (Å²) in [5.41, 5.74) is 0.00967. The molecule has 1 N–H and O–H groups in total. The average Bonchev–Trinajstić information content (AvgIpc) is 2.53. The quantitative estimate of drug-likeness (QED) is 0.642. The van der Waals surface area contributed by atoms with E-state index >= 15 is 0 Å². The van der Waals surface area contributed by atoms with Crippen molar-refractivity contribution in [1.82, 2.24) is 5.32 Å². The van der Waals surface area contributed by atoms with E-state index in [1.165, 1.54) is 18.2 Å². The standard InChI is InChI=1S/C18H21NO4S/c1-18(2,3)19-13-16(20)15-11-7-8-12-17(15)23-24(21,22)14-9-5-4-6-10-14/h4-12,19H,13H2,1-3H3. The molecule has 0 aliphatic carbocycles. The molecule has 0 spiro atoms. The number of hydrogen-bond acceptors (Lipinski definition) is 5. The lowest BCUT2D eigenvalue weighted by Gasteiger charge is -2.20. The van der Waals surface area contributed by atoms with Gasteiger partial charge in [-0.15, -0.1) is 0 Å². The maximum absolute atomic E-state index is 12.4. The third-order valence-electron chi connectivity index (χ3n) is 3.20. The monoisotopic (exact) mass is 347 g/mol. The van der Waals surface area contributed by atoms with E-state index in [1.54, 1.807) is 36.4 Å². The second kappa shape index (κ2) is 7.15. The number of benzene rings is 2. The van der Waals surface area contributed by atoms with Crippen LogP contribution < -0.4 is 9.50 Å². The minimum absolute atomic E-state index is 0.0297. The van der Waals surface area contributed by atoms with Gasteiger partial charge in [0, 0.05) is 5.54 Å². The van der Waals surface area contributed by atoms with E-state index in [0.29, 0.717) is 0 Å². The van der Waals surface area contributed by atoms with Crippen LogP contribution in [0.3, 0.4) is 0 Å². The Labute approximate surface area is 142 Å². The van der Waals surface area contributed by atoms with Crippen LogP contribution in [-0.4, -0.2) is 26.3 Å². The number of rotatable bonds is 6. The van der Waals surface area contributed by atoms with Gasteiger partial charge in [-0.05, 0) is 45.0 Å². The Bertz CT molecular complexity index is 808. The van der Waals surface area contributed by atoms with Crippen molar-refractivity contribution >= 4 is 15.9 Å². The Balaban J connectivity index is 2.25. The van der Waals surface area contributed by atoms with E-state index < -0.39 is 10.1 Å². The number of Topliss-reactive ketones (excluding diaryl/α,β-unsaturated/α-hetero) is 1. The molecule has 2 aromatic rings. The van der Waals surface area contributed by atoms with Crippen LogP contribution in [0, 0.1) is 0 Å².